The van der Waals surface area contributed by atoms with Crippen LogP contribution in [0.1, 0.15) is 0 Å². The average molecular weight is 350 g/mol. The van der Waals surface area contributed by atoms with Gasteiger partial charge in [0, 0.05) is 12.1 Å². The maximum absolute atomic E-state index is 12.3. The minimum absolute atomic E-state index is 0.0145. The number of fused-ring (bicyclic) bond motifs is 1. The Kier molecular flexibility index (Phi) is 4.36. The van der Waals surface area contributed by atoms with E-state index in [0.717, 1.165) is 6.07 Å². The van der Waals surface area contributed by atoms with Crippen molar-refractivity contribution in [3.05, 3.63) is 58.6 Å². The summed E-state index contributed by atoms with van der Waals surface area (Å²) in [6, 6.07) is 12.0. The van der Waals surface area contributed by atoms with Crippen LogP contribution in [-0.4, -0.2) is 32.6 Å². The van der Waals surface area contributed by atoms with E-state index in [1.54, 1.807) is 18.2 Å². The molecule has 3 rings (SSSR count). The zero-order valence-electron chi connectivity index (χ0n) is 12.4. The van der Waals surface area contributed by atoms with E-state index in [9.17, 15) is 18.5 Å². The van der Waals surface area contributed by atoms with Gasteiger partial charge in [-0.3, -0.25) is 10.1 Å². The molecule has 2 aromatic rings. The van der Waals surface area contributed by atoms with Crippen molar-refractivity contribution in [2.24, 2.45) is 0 Å². The Morgan fingerprint density at radius 3 is 2.67 bits per heavy atom. The summed E-state index contributed by atoms with van der Waals surface area (Å²) in [7, 11) is -3.88. The predicted molar refractivity (Wildman–Crippen MR) is 84.6 cm³/mol. The number of ether oxygens (including phenoxy) is 2. The molecule has 1 heterocycles. The molecule has 0 radical (unpaired) electrons. The number of sulfonamides is 1. The second-order valence-corrected chi connectivity index (χ2v) is 6.87. The molecule has 0 amide bonds. The van der Waals surface area contributed by atoms with Crippen molar-refractivity contribution in [3.63, 3.8) is 0 Å². The van der Waals surface area contributed by atoms with Crippen LogP contribution in [0.2, 0.25) is 0 Å². The Balaban J connectivity index is 1.68. The minimum Gasteiger partial charge on any atom is -0.486 e. The number of hydrogen-bond acceptors (Lipinski definition) is 6. The number of nitro benzene ring substituents is 1. The van der Waals surface area contributed by atoms with Gasteiger partial charge in [0.2, 0.25) is 10.0 Å². The van der Waals surface area contributed by atoms with Crippen molar-refractivity contribution in [2.45, 2.75) is 11.0 Å². The van der Waals surface area contributed by atoms with Crippen LogP contribution < -0.4 is 14.2 Å². The van der Waals surface area contributed by atoms with Crippen molar-refractivity contribution in [1.82, 2.24) is 4.72 Å². The molecule has 0 spiro atoms. The van der Waals surface area contributed by atoms with Crippen LogP contribution in [0, 0.1) is 10.1 Å². The molecule has 9 heteroatoms. The van der Waals surface area contributed by atoms with Crippen LogP contribution in [0.5, 0.6) is 11.5 Å². The van der Waals surface area contributed by atoms with E-state index in [0.29, 0.717) is 11.5 Å². The van der Waals surface area contributed by atoms with Gasteiger partial charge < -0.3 is 9.47 Å². The molecule has 8 nitrogen and oxygen atoms in total. The van der Waals surface area contributed by atoms with Gasteiger partial charge in [0.05, 0.1) is 16.4 Å². The van der Waals surface area contributed by atoms with Crippen molar-refractivity contribution >= 4 is 15.7 Å². The van der Waals surface area contributed by atoms with Crippen molar-refractivity contribution in [3.8, 4) is 11.5 Å². The van der Waals surface area contributed by atoms with Gasteiger partial charge >= 0.3 is 0 Å². The predicted octanol–water partition coefficient (Wildman–Crippen LogP) is 1.71. The highest BCUT2D eigenvalue weighted by atomic mass is 32.2. The van der Waals surface area contributed by atoms with Crippen LogP contribution in [0.3, 0.4) is 0 Å². The Labute approximate surface area is 138 Å². The summed E-state index contributed by atoms with van der Waals surface area (Å²) < 4.78 is 38.1. The molecule has 1 atom stereocenters. The third-order valence-electron chi connectivity index (χ3n) is 3.41. The number of rotatable bonds is 5. The summed E-state index contributed by atoms with van der Waals surface area (Å²) >= 11 is 0. The highest BCUT2D eigenvalue weighted by Crippen LogP contribution is 2.30. The number of non-ortho nitro benzene ring substituents is 1. The lowest BCUT2D eigenvalue weighted by Crippen LogP contribution is -2.40. The van der Waals surface area contributed by atoms with E-state index in [4.69, 9.17) is 9.47 Å². The molecule has 0 fully saturated rings. The Hall–Kier alpha value is -2.65. The lowest BCUT2D eigenvalue weighted by atomic mass is 10.2. The largest absolute Gasteiger partial charge is 0.486 e. The number of nitrogens with one attached hydrogen (secondary N) is 1. The highest BCUT2D eigenvalue weighted by Gasteiger charge is 2.24. The summed E-state index contributed by atoms with van der Waals surface area (Å²) in [5.41, 5.74) is -0.288. The number of hydrogen-bond donors (Lipinski definition) is 1. The third kappa shape index (κ3) is 3.47. The van der Waals surface area contributed by atoms with E-state index >= 15 is 0 Å². The van der Waals surface area contributed by atoms with E-state index in [2.05, 4.69) is 4.72 Å². The molecule has 1 aliphatic rings. The summed E-state index contributed by atoms with van der Waals surface area (Å²) in [4.78, 5) is 9.94. The lowest BCUT2D eigenvalue weighted by molar-refractivity contribution is -0.385. The first-order chi connectivity index (χ1) is 11.5. The molecule has 0 bridgehead atoms. The molecule has 1 aliphatic heterocycles. The number of para-hydroxylation sites is 2. The zero-order chi connectivity index (χ0) is 17.2. The van der Waals surface area contributed by atoms with Gasteiger partial charge in [-0.2, -0.15) is 0 Å². The quantitative estimate of drug-likeness (QED) is 0.650. The molecular weight excluding hydrogens is 336 g/mol. The molecule has 126 valence electrons. The maximum atomic E-state index is 12.3. The molecule has 1 N–H and O–H groups in total. The lowest BCUT2D eigenvalue weighted by Gasteiger charge is -2.26. The standard InChI is InChI=1S/C15H14N2O6S/c18-17(19)11-4-3-5-13(8-11)24(20,21)16-9-12-10-22-14-6-1-2-7-15(14)23-12/h1-8,12,16H,9-10H2/t12-/m1/s1. The second-order valence-electron chi connectivity index (χ2n) is 5.10. The van der Waals surface area contributed by atoms with Crippen LogP contribution in [0.25, 0.3) is 0 Å². The topological polar surface area (TPSA) is 108 Å². The third-order valence-corrected chi connectivity index (χ3v) is 4.83. The summed E-state index contributed by atoms with van der Waals surface area (Å²) in [6.45, 7) is 0.188. The second kappa shape index (κ2) is 6.46. The van der Waals surface area contributed by atoms with Crippen LogP contribution in [0.15, 0.2) is 53.4 Å². The molecule has 0 saturated carbocycles. The van der Waals surface area contributed by atoms with Gasteiger partial charge in [0.15, 0.2) is 11.5 Å². The fourth-order valence-corrected chi connectivity index (χ4v) is 3.32. The summed E-state index contributed by atoms with van der Waals surface area (Å²) in [5.74, 6) is 1.15. The van der Waals surface area contributed by atoms with Crippen LogP contribution in [-0.2, 0) is 10.0 Å². The first kappa shape index (κ1) is 16.2. The van der Waals surface area contributed by atoms with Gasteiger partial charge in [-0.1, -0.05) is 18.2 Å². The molecule has 0 aliphatic carbocycles. The summed E-state index contributed by atoms with van der Waals surface area (Å²) in [6.07, 6.45) is -0.492. The van der Waals surface area contributed by atoms with Crippen molar-refractivity contribution in [2.75, 3.05) is 13.2 Å². The molecule has 0 saturated heterocycles. The van der Waals surface area contributed by atoms with Gasteiger partial charge in [0.1, 0.15) is 12.7 Å². The normalized spacial score (nSPS) is 16.6. The van der Waals surface area contributed by atoms with E-state index in [1.165, 1.54) is 18.2 Å². The Bertz CT molecular complexity index is 868. The fraction of sp³-hybridized carbons (Fsp3) is 0.200. The van der Waals surface area contributed by atoms with Crippen molar-refractivity contribution in [1.29, 1.82) is 0 Å². The van der Waals surface area contributed by atoms with E-state index < -0.39 is 21.1 Å². The van der Waals surface area contributed by atoms with E-state index in [1.807, 2.05) is 6.07 Å². The average Bonchev–Trinajstić information content (AvgIpc) is 2.60. The molecule has 0 aromatic heterocycles. The van der Waals surface area contributed by atoms with Crippen molar-refractivity contribution < 1.29 is 22.8 Å². The first-order valence-corrected chi connectivity index (χ1v) is 8.56. The van der Waals surface area contributed by atoms with Gasteiger partial charge in [-0.05, 0) is 18.2 Å². The molecule has 2 aromatic carbocycles. The number of nitrogens with zero attached hydrogens (tertiary/aromatic N) is 1. The van der Waals surface area contributed by atoms with Crippen LogP contribution in [0.4, 0.5) is 5.69 Å². The highest BCUT2D eigenvalue weighted by molar-refractivity contribution is 7.89. The molecular formula is C15H14N2O6S. The van der Waals surface area contributed by atoms with Gasteiger partial charge in [-0.25, -0.2) is 13.1 Å². The fourth-order valence-electron chi connectivity index (χ4n) is 2.21. The van der Waals surface area contributed by atoms with E-state index in [-0.39, 0.29) is 23.7 Å². The molecule has 0 unspecified atom stereocenters. The SMILES string of the molecule is O=[N+]([O-])c1cccc(S(=O)(=O)NC[C@@H]2COc3ccccc3O2)c1. The maximum Gasteiger partial charge on any atom is 0.270 e. The number of benzene rings is 2. The van der Waals surface area contributed by atoms with Crippen LogP contribution >= 0.6 is 0 Å². The first-order valence-electron chi connectivity index (χ1n) is 7.08. The van der Waals surface area contributed by atoms with Gasteiger partial charge in [0.25, 0.3) is 5.69 Å². The smallest absolute Gasteiger partial charge is 0.270 e. The zero-order valence-corrected chi connectivity index (χ0v) is 13.2. The summed E-state index contributed by atoms with van der Waals surface area (Å²) in [5, 5.41) is 10.8. The van der Waals surface area contributed by atoms with Gasteiger partial charge in [-0.15, -0.1) is 0 Å². The number of nitro groups is 1. The Morgan fingerprint density at radius 2 is 1.92 bits per heavy atom. The molecule has 24 heavy (non-hydrogen) atoms. The Morgan fingerprint density at radius 1 is 1.17 bits per heavy atom. The monoisotopic (exact) mass is 350 g/mol. The minimum atomic E-state index is -3.88.